The first-order valence-electron chi connectivity index (χ1n) is 9.67. The van der Waals surface area contributed by atoms with Gasteiger partial charge in [-0.2, -0.15) is 0 Å². The summed E-state index contributed by atoms with van der Waals surface area (Å²) in [5.74, 6) is 0.809. The van der Waals surface area contributed by atoms with Gasteiger partial charge in [0.25, 0.3) is 0 Å². The van der Waals surface area contributed by atoms with Crippen LogP contribution in [0.2, 0.25) is 0 Å². The topological polar surface area (TPSA) is 86.6 Å². The molecule has 28 heavy (non-hydrogen) atoms. The van der Waals surface area contributed by atoms with E-state index in [4.69, 9.17) is 15.0 Å². The summed E-state index contributed by atoms with van der Waals surface area (Å²) in [5.41, 5.74) is 5.03. The SMILES string of the molecule is Cc1ccc(CC(=O)NC2CCC(c3ccccc3)CC2)c(C)c1.O=C(O)O. The molecule has 2 aromatic rings. The smallest absolute Gasteiger partial charge is 0.450 e. The Morgan fingerprint density at radius 3 is 2.14 bits per heavy atom. The maximum atomic E-state index is 12.4. The van der Waals surface area contributed by atoms with Crippen molar-refractivity contribution in [1.82, 2.24) is 5.32 Å². The van der Waals surface area contributed by atoms with E-state index < -0.39 is 6.16 Å². The third-order valence-electron chi connectivity index (χ3n) is 5.21. The highest BCUT2D eigenvalue weighted by Crippen LogP contribution is 2.32. The van der Waals surface area contributed by atoms with Crippen LogP contribution < -0.4 is 5.32 Å². The molecule has 1 amide bonds. The van der Waals surface area contributed by atoms with E-state index in [0.717, 1.165) is 18.4 Å². The molecule has 0 bridgehead atoms. The van der Waals surface area contributed by atoms with E-state index in [-0.39, 0.29) is 5.91 Å². The third kappa shape index (κ3) is 7.06. The fourth-order valence-electron chi connectivity index (χ4n) is 3.79. The Labute approximate surface area is 166 Å². The second kappa shape index (κ2) is 10.5. The molecule has 0 unspecified atom stereocenters. The van der Waals surface area contributed by atoms with Crippen molar-refractivity contribution in [3.05, 3.63) is 70.8 Å². The van der Waals surface area contributed by atoms with Gasteiger partial charge in [-0.3, -0.25) is 4.79 Å². The van der Waals surface area contributed by atoms with Crippen molar-refractivity contribution in [2.24, 2.45) is 0 Å². The molecule has 0 aromatic heterocycles. The molecule has 150 valence electrons. The molecule has 3 rings (SSSR count). The molecule has 0 radical (unpaired) electrons. The molecular formula is C23H29NO4. The van der Waals surface area contributed by atoms with Crippen LogP contribution in [0.15, 0.2) is 48.5 Å². The molecule has 0 spiro atoms. The van der Waals surface area contributed by atoms with Gasteiger partial charge in [0.15, 0.2) is 0 Å². The number of carbonyl (C=O) groups excluding carboxylic acids is 1. The predicted octanol–water partition coefficient (Wildman–Crippen LogP) is 4.91. The van der Waals surface area contributed by atoms with Gasteiger partial charge in [-0.05, 0) is 62.1 Å². The zero-order valence-electron chi connectivity index (χ0n) is 16.5. The standard InChI is InChI=1S/C22H27NO.CH2O3/c1-16-8-9-20(17(2)14-16)15-22(24)23-21-12-10-19(11-13-21)18-6-4-3-5-7-18;2-1(3)4/h3-9,14,19,21H,10-13,15H2,1-2H3,(H,23,24);(H2,2,3,4). The van der Waals surface area contributed by atoms with Gasteiger partial charge in [-0.15, -0.1) is 0 Å². The van der Waals surface area contributed by atoms with Gasteiger partial charge in [-0.1, -0.05) is 54.1 Å². The summed E-state index contributed by atoms with van der Waals surface area (Å²) >= 11 is 0. The lowest BCUT2D eigenvalue weighted by atomic mass is 9.82. The summed E-state index contributed by atoms with van der Waals surface area (Å²) in [6, 6.07) is 17.4. The van der Waals surface area contributed by atoms with Crippen LogP contribution >= 0.6 is 0 Å². The molecule has 5 heteroatoms. The Balaban J connectivity index is 0.000000640. The van der Waals surface area contributed by atoms with Crippen molar-refractivity contribution < 1.29 is 19.8 Å². The first kappa shape index (κ1) is 21.5. The van der Waals surface area contributed by atoms with Crippen molar-refractivity contribution in [2.45, 2.75) is 57.9 Å². The van der Waals surface area contributed by atoms with E-state index in [1.54, 1.807) is 0 Å². The van der Waals surface area contributed by atoms with Gasteiger partial charge in [0.2, 0.25) is 5.91 Å². The van der Waals surface area contributed by atoms with E-state index in [9.17, 15) is 4.79 Å². The predicted molar refractivity (Wildman–Crippen MR) is 110 cm³/mol. The number of aryl methyl sites for hydroxylation is 2. The Bertz CT molecular complexity index is 776. The molecule has 0 atom stereocenters. The average molecular weight is 383 g/mol. The normalized spacial score (nSPS) is 18.5. The van der Waals surface area contributed by atoms with Gasteiger partial charge < -0.3 is 15.5 Å². The lowest BCUT2D eigenvalue weighted by Crippen LogP contribution is -2.38. The maximum absolute atomic E-state index is 12.4. The fraction of sp³-hybridized carbons (Fsp3) is 0.391. The largest absolute Gasteiger partial charge is 0.503 e. The van der Waals surface area contributed by atoms with Crippen LogP contribution in [-0.4, -0.2) is 28.3 Å². The van der Waals surface area contributed by atoms with Gasteiger partial charge in [0.1, 0.15) is 0 Å². The first-order valence-corrected chi connectivity index (χ1v) is 9.67. The molecule has 2 aromatic carbocycles. The van der Waals surface area contributed by atoms with Crippen LogP contribution in [0.3, 0.4) is 0 Å². The van der Waals surface area contributed by atoms with Crippen LogP contribution in [0.4, 0.5) is 4.79 Å². The lowest BCUT2D eigenvalue weighted by Gasteiger charge is -2.29. The third-order valence-corrected chi connectivity index (χ3v) is 5.21. The van der Waals surface area contributed by atoms with Crippen LogP contribution in [-0.2, 0) is 11.2 Å². The number of carbonyl (C=O) groups is 2. The summed E-state index contributed by atoms with van der Waals surface area (Å²) in [7, 11) is 0. The van der Waals surface area contributed by atoms with E-state index in [1.165, 1.54) is 29.5 Å². The summed E-state index contributed by atoms with van der Waals surface area (Å²) in [6.07, 6.45) is 3.15. The number of hydrogen-bond donors (Lipinski definition) is 3. The summed E-state index contributed by atoms with van der Waals surface area (Å²) < 4.78 is 0. The Hall–Kier alpha value is -2.82. The van der Waals surface area contributed by atoms with Crippen molar-refractivity contribution in [1.29, 1.82) is 0 Å². The van der Waals surface area contributed by atoms with Crippen LogP contribution in [0.5, 0.6) is 0 Å². The molecule has 1 aliphatic carbocycles. The molecule has 3 N–H and O–H groups in total. The molecule has 1 saturated carbocycles. The molecule has 0 aliphatic heterocycles. The van der Waals surface area contributed by atoms with Crippen molar-refractivity contribution in [3.8, 4) is 0 Å². The molecule has 1 fully saturated rings. The van der Waals surface area contributed by atoms with Crippen molar-refractivity contribution in [2.75, 3.05) is 0 Å². The first-order chi connectivity index (χ1) is 13.3. The van der Waals surface area contributed by atoms with E-state index in [1.807, 2.05) is 0 Å². The lowest BCUT2D eigenvalue weighted by molar-refractivity contribution is -0.121. The number of hydrogen-bond acceptors (Lipinski definition) is 2. The number of amides is 1. The van der Waals surface area contributed by atoms with Gasteiger partial charge in [0, 0.05) is 6.04 Å². The molecule has 0 saturated heterocycles. The van der Waals surface area contributed by atoms with Gasteiger partial charge in [0.05, 0.1) is 6.42 Å². The van der Waals surface area contributed by atoms with Gasteiger partial charge in [-0.25, -0.2) is 4.79 Å². The monoisotopic (exact) mass is 383 g/mol. The van der Waals surface area contributed by atoms with E-state index >= 15 is 0 Å². The minimum Gasteiger partial charge on any atom is -0.450 e. The minimum absolute atomic E-state index is 0.158. The molecule has 0 heterocycles. The summed E-state index contributed by atoms with van der Waals surface area (Å²) in [6.45, 7) is 4.17. The quantitative estimate of drug-likeness (QED) is 0.700. The van der Waals surface area contributed by atoms with Crippen molar-refractivity contribution >= 4 is 12.1 Å². The van der Waals surface area contributed by atoms with Gasteiger partial charge >= 0.3 is 6.16 Å². The molecule has 1 aliphatic rings. The highest BCUT2D eigenvalue weighted by atomic mass is 16.6. The molecular weight excluding hydrogens is 354 g/mol. The van der Waals surface area contributed by atoms with Crippen LogP contribution in [0.1, 0.15) is 53.9 Å². The van der Waals surface area contributed by atoms with E-state index in [0.29, 0.717) is 18.4 Å². The average Bonchev–Trinajstić information content (AvgIpc) is 2.65. The zero-order valence-corrected chi connectivity index (χ0v) is 16.5. The Morgan fingerprint density at radius 1 is 0.964 bits per heavy atom. The Kier molecular flexibility index (Phi) is 8.05. The highest BCUT2D eigenvalue weighted by Gasteiger charge is 2.23. The van der Waals surface area contributed by atoms with Crippen LogP contribution in [0.25, 0.3) is 0 Å². The summed E-state index contributed by atoms with van der Waals surface area (Å²) in [5, 5.41) is 17.2. The Morgan fingerprint density at radius 2 is 1.57 bits per heavy atom. The van der Waals surface area contributed by atoms with E-state index in [2.05, 4.69) is 67.7 Å². The number of nitrogens with one attached hydrogen (secondary N) is 1. The number of carboxylic acid groups (broad SMARTS) is 2. The second-order valence-corrected chi connectivity index (χ2v) is 7.42. The summed E-state index contributed by atoms with van der Waals surface area (Å²) in [4.78, 5) is 20.9. The number of rotatable bonds is 4. The minimum atomic E-state index is -1.83. The fourth-order valence-corrected chi connectivity index (χ4v) is 3.79. The van der Waals surface area contributed by atoms with Crippen molar-refractivity contribution in [3.63, 3.8) is 0 Å². The molecule has 5 nitrogen and oxygen atoms in total. The maximum Gasteiger partial charge on any atom is 0.503 e. The highest BCUT2D eigenvalue weighted by molar-refractivity contribution is 5.79. The second-order valence-electron chi connectivity index (χ2n) is 7.42. The van der Waals surface area contributed by atoms with Crippen LogP contribution in [0, 0.1) is 13.8 Å². The number of benzene rings is 2. The zero-order chi connectivity index (χ0) is 20.5.